The Hall–Kier alpha value is -2.76. The summed E-state index contributed by atoms with van der Waals surface area (Å²) in [6.45, 7) is 0. The van der Waals surface area contributed by atoms with Crippen LogP contribution in [-0.2, 0) is 0 Å². The summed E-state index contributed by atoms with van der Waals surface area (Å²) >= 11 is 0. The van der Waals surface area contributed by atoms with Crippen LogP contribution in [0.5, 0.6) is 0 Å². The van der Waals surface area contributed by atoms with Crippen molar-refractivity contribution in [2.75, 3.05) is 17.7 Å². The van der Waals surface area contributed by atoms with Gasteiger partial charge in [0.15, 0.2) is 23.3 Å². The summed E-state index contributed by atoms with van der Waals surface area (Å²) < 4.78 is 27.3. The van der Waals surface area contributed by atoms with Crippen molar-refractivity contribution in [3.63, 3.8) is 0 Å². The lowest BCUT2D eigenvalue weighted by molar-refractivity contribution is 0.580. The first kappa shape index (κ1) is 13.2. The Bertz CT molecular complexity index is 800. The number of aromatic nitrogens is 2. The molecule has 0 unspecified atom stereocenters. The monoisotopic (exact) mass is 286 g/mol. The minimum Gasteiger partial charge on any atom is -0.371 e. The summed E-state index contributed by atoms with van der Waals surface area (Å²) in [6.07, 6.45) is 1.65. The largest absolute Gasteiger partial charge is 0.371 e. The molecule has 0 bridgehead atoms. The van der Waals surface area contributed by atoms with Crippen LogP contribution >= 0.6 is 0 Å². The van der Waals surface area contributed by atoms with Crippen molar-refractivity contribution in [1.29, 1.82) is 0 Å². The van der Waals surface area contributed by atoms with E-state index < -0.39 is 11.6 Å². The third-order valence-electron chi connectivity index (χ3n) is 3.05. The molecule has 0 aliphatic heterocycles. The first-order chi connectivity index (χ1) is 10.2. The molecule has 21 heavy (non-hydrogen) atoms. The molecular weight excluding hydrogens is 274 g/mol. The van der Waals surface area contributed by atoms with Gasteiger partial charge in [0.05, 0.1) is 11.2 Å². The van der Waals surface area contributed by atoms with E-state index in [9.17, 15) is 8.78 Å². The summed E-state index contributed by atoms with van der Waals surface area (Å²) in [5.74, 6) is -1.58. The Labute approximate surface area is 119 Å². The number of para-hydroxylation sites is 1. The van der Waals surface area contributed by atoms with Crippen LogP contribution in [0.15, 0.2) is 42.6 Å². The summed E-state index contributed by atoms with van der Waals surface area (Å²) in [5, 5.41) is 6.35. The van der Waals surface area contributed by atoms with Crippen LogP contribution in [0, 0.1) is 11.6 Å². The summed E-state index contributed by atoms with van der Waals surface area (Å²) in [4.78, 5) is 8.16. The van der Waals surface area contributed by atoms with Gasteiger partial charge in [0.1, 0.15) is 0 Å². The molecule has 106 valence electrons. The van der Waals surface area contributed by atoms with E-state index in [-0.39, 0.29) is 11.6 Å². The van der Waals surface area contributed by atoms with Gasteiger partial charge in [-0.05, 0) is 12.1 Å². The van der Waals surface area contributed by atoms with Gasteiger partial charge < -0.3 is 10.6 Å². The molecule has 2 aromatic heterocycles. The molecule has 0 radical (unpaired) electrons. The number of nitrogens with one attached hydrogen (secondary N) is 2. The van der Waals surface area contributed by atoms with Crippen molar-refractivity contribution in [1.82, 2.24) is 9.97 Å². The summed E-state index contributed by atoms with van der Waals surface area (Å²) in [6, 6.07) is 10.0. The molecule has 0 aliphatic rings. The van der Waals surface area contributed by atoms with Crippen molar-refractivity contribution in [2.24, 2.45) is 0 Å². The lowest BCUT2D eigenvalue weighted by Crippen LogP contribution is -2.04. The van der Waals surface area contributed by atoms with Crippen LogP contribution < -0.4 is 10.6 Å². The summed E-state index contributed by atoms with van der Waals surface area (Å²) in [7, 11) is 1.52. The van der Waals surface area contributed by atoms with Gasteiger partial charge in [0, 0.05) is 24.7 Å². The zero-order valence-corrected chi connectivity index (χ0v) is 11.2. The van der Waals surface area contributed by atoms with Crippen LogP contribution in [0.25, 0.3) is 10.9 Å². The molecule has 0 amide bonds. The highest BCUT2D eigenvalue weighted by atomic mass is 19.1. The van der Waals surface area contributed by atoms with Crippen LogP contribution in [0.3, 0.4) is 0 Å². The molecule has 2 heterocycles. The van der Waals surface area contributed by atoms with Crippen molar-refractivity contribution in [3.05, 3.63) is 54.2 Å². The maximum absolute atomic E-state index is 13.8. The molecule has 0 aliphatic carbocycles. The molecule has 0 fully saturated rings. The average Bonchev–Trinajstić information content (AvgIpc) is 2.50. The van der Waals surface area contributed by atoms with Gasteiger partial charge in [-0.25, -0.2) is 13.8 Å². The van der Waals surface area contributed by atoms with Crippen molar-refractivity contribution >= 4 is 28.2 Å². The maximum atomic E-state index is 13.8. The predicted molar refractivity (Wildman–Crippen MR) is 78.7 cm³/mol. The fourth-order valence-electron chi connectivity index (χ4n) is 2.06. The van der Waals surface area contributed by atoms with E-state index >= 15 is 0 Å². The molecule has 0 saturated carbocycles. The third-order valence-corrected chi connectivity index (χ3v) is 3.05. The van der Waals surface area contributed by atoms with Crippen LogP contribution in [0.1, 0.15) is 0 Å². The molecule has 6 heteroatoms. The third kappa shape index (κ3) is 2.47. The number of fused-ring (bicyclic) bond motifs is 1. The highest BCUT2D eigenvalue weighted by molar-refractivity contribution is 5.91. The van der Waals surface area contributed by atoms with Gasteiger partial charge in [-0.1, -0.05) is 18.2 Å². The molecular formula is C15H12F2N4. The number of rotatable bonds is 3. The maximum Gasteiger partial charge on any atom is 0.169 e. The minimum atomic E-state index is -0.764. The van der Waals surface area contributed by atoms with E-state index in [0.29, 0.717) is 11.2 Å². The van der Waals surface area contributed by atoms with Crippen molar-refractivity contribution < 1.29 is 8.78 Å². The average molecular weight is 286 g/mol. The van der Waals surface area contributed by atoms with Crippen LogP contribution in [0.4, 0.5) is 26.1 Å². The number of hydrogen-bond acceptors (Lipinski definition) is 4. The second-order valence-corrected chi connectivity index (χ2v) is 4.40. The van der Waals surface area contributed by atoms with E-state index in [1.54, 1.807) is 12.3 Å². The molecule has 0 spiro atoms. The number of hydrogen-bond donors (Lipinski definition) is 2. The smallest absolute Gasteiger partial charge is 0.169 e. The van der Waals surface area contributed by atoms with Gasteiger partial charge in [-0.15, -0.1) is 0 Å². The molecule has 3 aromatic rings. The van der Waals surface area contributed by atoms with Crippen LogP contribution in [0.2, 0.25) is 0 Å². The molecule has 3 rings (SSSR count). The Balaban J connectivity index is 2.07. The van der Waals surface area contributed by atoms with Gasteiger partial charge >= 0.3 is 0 Å². The topological polar surface area (TPSA) is 49.8 Å². The number of nitrogens with zero attached hydrogens (tertiary/aromatic N) is 2. The fourth-order valence-corrected chi connectivity index (χ4v) is 2.06. The van der Waals surface area contributed by atoms with Crippen molar-refractivity contribution in [2.45, 2.75) is 0 Å². The Morgan fingerprint density at radius 1 is 1.00 bits per heavy atom. The second-order valence-electron chi connectivity index (χ2n) is 4.40. The highest BCUT2D eigenvalue weighted by Crippen LogP contribution is 2.26. The molecule has 4 nitrogen and oxygen atoms in total. The molecule has 2 N–H and O–H groups in total. The van der Waals surface area contributed by atoms with Crippen LogP contribution in [-0.4, -0.2) is 17.0 Å². The number of pyridine rings is 2. The quantitative estimate of drug-likeness (QED) is 0.771. The van der Waals surface area contributed by atoms with E-state index in [2.05, 4.69) is 20.6 Å². The Kier molecular flexibility index (Phi) is 3.35. The van der Waals surface area contributed by atoms with Gasteiger partial charge in [-0.3, -0.25) is 4.98 Å². The zero-order valence-electron chi connectivity index (χ0n) is 11.2. The number of anilines is 3. The standard InChI is InChI=1S/C15H12F2N4/c1-18-14-10(16)8-11(17)15(21-14)20-12-6-2-4-9-5-3-7-19-13(9)12/h2-8H,1H3,(H2,18,20,21). The molecule has 0 atom stereocenters. The second kappa shape index (κ2) is 5.32. The van der Waals surface area contributed by atoms with Gasteiger partial charge in [0.25, 0.3) is 0 Å². The van der Waals surface area contributed by atoms with Gasteiger partial charge in [-0.2, -0.15) is 0 Å². The van der Waals surface area contributed by atoms with E-state index in [0.717, 1.165) is 11.5 Å². The van der Waals surface area contributed by atoms with E-state index in [1.807, 2.05) is 24.3 Å². The van der Waals surface area contributed by atoms with E-state index in [4.69, 9.17) is 0 Å². The van der Waals surface area contributed by atoms with Crippen molar-refractivity contribution in [3.8, 4) is 0 Å². The minimum absolute atomic E-state index is 0.0212. The first-order valence-corrected chi connectivity index (χ1v) is 6.33. The number of benzene rings is 1. The predicted octanol–water partition coefficient (Wildman–Crippen LogP) is 3.69. The molecule has 1 aromatic carbocycles. The molecule has 0 saturated heterocycles. The first-order valence-electron chi connectivity index (χ1n) is 6.33. The lowest BCUT2D eigenvalue weighted by Gasteiger charge is -2.11. The Morgan fingerprint density at radius 3 is 2.57 bits per heavy atom. The fraction of sp³-hybridized carbons (Fsp3) is 0.0667. The Morgan fingerprint density at radius 2 is 1.76 bits per heavy atom. The normalized spacial score (nSPS) is 10.6. The highest BCUT2D eigenvalue weighted by Gasteiger charge is 2.12. The SMILES string of the molecule is CNc1nc(Nc2cccc3cccnc23)c(F)cc1F. The van der Waals surface area contributed by atoms with E-state index in [1.165, 1.54) is 7.05 Å². The number of halogens is 2. The zero-order chi connectivity index (χ0) is 14.8. The van der Waals surface area contributed by atoms with Gasteiger partial charge in [0.2, 0.25) is 0 Å². The lowest BCUT2D eigenvalue weighted by atomic mass is 10.2. The summed E-state index contributed by atoms with van der Waals surface area (Å²) in [5.41, 5.74) is 1.30.